The molecule has 0 amide bonds. The van der Waals surface area contributed by atoms with E-state index < -0.39 is 0 Å². The SMILES string of the molecule is C=Cc1c(OCC)ccc2ccccc12.COc1ccccc1C. The van der Waals surface area contributed by atoms with Crippen molar-refractivity contribution in [1.29, 1.82) is 0 Å². The highest BCUT2D eigenvalue weighted by Crippen LogP contribution is 2.28. The molecule has 0 heterocycles. The predicted molar refractivity (Wildman–Crippen MR) is 103 cm³/mol. The van der Waals surface area contributed by atoms with E-state index in [9.17, 15) is 0 Å². The van der Waals surface area contributed by atoms with Crippen molar-refractivity contribution in [3.05, 3.63) is 78.4 Å². The van der Waals surface area contributed by atoms with Crippen molar-refractivity contribution in [2.75, 3.05) is 13.7 Å². The van der Waals surface area contributed by atoms with Crippen molar-refractivity contribution in [3.63, 3.8) is 0 Å². The molecule has 3 aromatic rings. The molecule has 0 aliphatic rings. The van der Waals surface area contributed by atoms with E-state index in [0.29, 0.717) is 6.61 Å². The van der Waals surface area contributed by atoms with Crippen molar-refractivity contribution in [3.8, 4) is 11.5 Å². The van der Waals surface area contributed by atoms with Gasteiger partial charge < -0.3 is 9.47 Å². The van der Waals surface area contributed by atoms with Gasteiger partial charge >= 0.3 is 0 Å². The maximum absolute atomic E-state index is 5.56. The van der Waals surface area contributed by atoms with Gasteiger partial charge in [0.25, 0.3) is 0 Å². The van der Waals surface area contributed by atoms with Gasteiger partial charge in [-0.2, -0.15) is 0 Å². The third kappa shape index (κ3) is 4.17. The number of hydrogen-bond donors (Lipinski definition) is 0. The van der Waals surface area contributed by atoms with Crippen LogP contribution >= 0.6 is 0 Å². The fraction of sp³-hybridized carbons (Fsp3) is 0.182. The fourth-order valence-electron chi connectivity index (χ4n) is 2.55. The van der Waals surface area contributed by atoms with Crippen LogP contribution in [0.4, 0.5) is 0 Å². The molecule has 2 nitrogen and oxygen atoms in total. The summed E-state index contributed by atoms with van der Waals surface area (Å²) >= 11 is 0. The number of ether oxygens (including phenoxy) is 2. The standard InChI is InChI=1S/C14H14O.C8H10O/c1-3-12-13-8-6-5-7-11(13)9-10-14(12)15-4-2;1-7-5-3-4-6-8(7)9-2/h3,5-10H,1,4H2,2H3;3-6H,1-2H3. The Morgan fingerprint density at radius 2 is 1.62 bits per heavy atom. The van der Waals surface area contributed by atoms with Gasteiger partial charge in [-0.05, 0) is 42.3 Å². The molecule has 124 valence electrons. The van der Waals surface area contributed by atoms with Gasteiger partial charge in [-0.25, -0.2) is 0 Å². The first-order valence-electron chi connectivity index (χ1n) is 8.07. The molecule has 0 atom stereocenters. The summed E-state index contributed by atoms with van der Waals surface area (Å²) in [7, 11) is 1.68. The van der Waals surface area contributed by atoms with Crippen LogP contribution in [0.5, 0.6) is 11.5 Å². The van der Waals surface area contributed by atoms with Crippen LogP contribution in [0.3, 0.4) is 0 Å². The van der Waals surface area contributed by atoms with Crippen LogP contribution < -0.4 is 9.47 Å². The fourth-order valence-corrected chi connectivity index (χ4v) is 2.55. The quantitative estimate of drug-likeness (QED) is 0.597. The lowest BCUT2D eigenvalue weighted by Gasteiger charge is -2.09. The van der Waals surface area contributed by atoms with Gasteiger partial charge in [-0.3, -0.25) is 0 Å². The zero-order chi connectivity index (χ0) is 17.4. The smallest absolute Gasteiger partial charge is 0.127 e. The summed E-state index contributed by atoms with van der Waals surface area (Å²) in [6, 6.07) is 20.3. The number of fused-ring (bicyclic) bond motifs is 1. The molecular weight excluding hydrogens is 296 g/mol. The van der Waals surface area contributed by atoms with Gasteiger partial charge in [-0.1, -0.05) is 61.2 Å². The van der Waals surface area contributed by atoms with Gasteiger partial charge in [0.2, 0.25) is 0 Å². The van der Waals surface area contributed by atoms with Gasteiger partial charge in [0.15, 0.2) is 0 Å². The Kier molecular flexibility index (Phi) is 6.44. The average molecular weight is 320 g/mol. The van der Waals surface area contributed by atoms with E-state index in [4.69, 9.17) is 9.47 Å². The molecule has 0 bridgehead atoms. The number of rotatable bonds is 4. The maximum atomic E-state index is 5.56. The monoisotopic (exact) mass is 320 g/mol. The number of aryl methyl sites for hydroxylation is 1. The van der Waals surface area contributed by atoms with Crippen molar-refractivity contribution in [2.45, 2.75) is 13.8 Å². The molecule has 0 unspecified atom stereocenters. The van der Waals surface area contributed by atoms with Gasteiger partial charge in [0, 0.05) is 5.56 Å². The Balaban J connectivity index is 0.000000198. The van der Waals surface area contributed by atoms with Crippen LogP contribution in [-0.2, 0) is 0 Å². The first kappa shape index (κ1) is 17.6. The van der Waals surface area contributed by atoms with E-state index in [1.54, 1.807) is 7.11 Å². The third-order valence-electron chi connectivity index (χ3n) is 3.75. The average Bonchev–Trinajstić information content (AvgIpc) is 2.63. The van der Waals surface area contributed by atoms with Crippen LogP contribution in [-0.4, -0.2) is 13.7 Å². The summed E-state index contributed by atoms with van der Waals surface area (Å²) in [5, 5.41) is 2.41. The first-order valence-corrected chi connectivity index (χ1v) is 8.07. The van der Waals surface area contributed by atoms with Gasteiger partial charge in [0.1, 0.15) is 11.5 Å². The number of benzene rings is 3. The zero-order valence-electron chi connectivity index (χ0n) is 14.6. The van der Waals surface area contributed by atoms with E-state index in [1.807, 2.05) is 62.4 Å². The lowest BCUT2D eigenvalue weighted by molar-refractivity contribution is 0.340. The molecule has 0 saturated heterocycles. The van der Waals surface area contributed by atoms with Crippen LogP contribution in [0, 0.1) is 6.92 Å². The van der Waals surface area contributed by atoms with Crippen LogP contribution in [0.2, 0.25) is 0 Å². The van der Waals surface area contributed by atoms with Gasteiger partial charge in [0.05, 0.1) is 13.7 Å². The summed E-state index contributed by atoms with van der Waals surface area (Å²) < 4.78 is 10.6. The Bertz CT molecular complexity index is 806. The molecule has 0 fully saturated rings. The van der Waals surface area contributed by atoms with Crippen molar-refractivity contribution in [2.24, 2.45) is 0 Å². The molecule has 3 rings (SSSR count). The molecule has 0 spiro atoms. The molecule has 0 aromatic heterocycles. The van der Waals surface area contributed by atoms with E-state index in [-0.39, 0.29) is 0 Å². The number of methoxy groups -OCH3 is 1. The minimum absolute atomic E-state index is 0.680. The summed E-state index contributed by atoms with van der Waals surface area (Å²) in [5.74, 6) is 1.86. The highest BCUT2D eigenvalue weighted by Gasteiger charge is 2.04. The maximum Gasteiger partial charge on any atom is 0.127 e. The number of para-hydroxylation sites is 1. The highest BCUT2D eigenvalue weighted by molar-refractivity contribution is 5.92. The van der Waals surface area contributed by atoms with E-state index >= 15 is 0 Å². The summed E-state index contributed by atoms with van der Waals surface area (Å²) in [4.78, 5) is 0. The van der Waals surface area contributed by atoms with Crippen molar-refractivity contribution in [1.82, 2.24) is 0 Å². The highest BCUT2D eigenvalue weighted by atomic mass is 16.5. The van der Waals surface area contributed by atoms with Crippen LogP contribution in [0.15, 0.2) is 67.2 Å². The third-order valence-corrected chi connectivity index (χ3v) is 3.75. The predicted octanol–water partition coefficient (Wildman–Crippen LogP) is 5.89. The van der Waals surface area contributed by atoms with Gasteiger partial charge in [-0.15, -0.1) is 0 Å². The number of hydrogen-bond acceptors (Lipinski definition) is 2. The topological polar surface area (TPSA) is 18.5 Å². The Labute approximate surface area is 144 Å². The van der Waals surface area contributed by atoms with E-state index in [1.165, 1.54) is 16.3 Å². The summed E-state index contributed by atoms with van der Waals surface area (Å²) in [6.07, 6.45) is 1.85. The Morgan fingerprint density at radius 1 is 0.917 bits per heavy atom. The molecule has 0 N–H and O–H groups in total. The first-order chi connectivity index (χ1) is 11.7. The molecule has 0 saturated carbocycles. The second kappa shape index (κ2) is 8.78. The Hall–Kier alpha value is -2.74. The minimum atomic E-state index is 0.680. The lowest BCUT2D eigenvalue weighted by atomic mass is 10.0. The van der Waals surface area contributed by atoms with E-state index in [0.717, 1.165) is 17.1 Å². The Morgan fingerprint density at radius 3 is 2.25 bits per heavy atom. The molecule has 3 aromatic carbocycles. The van der Waals surface area contributed by atoms with Crippen molar-refractivity contribution >= 4 is 16.8 Å². The van der Waals surface area contributed by atoms with Crippen molar-refractivity contribution < 1.29 is 9.47 Å². The molecular formula is C22H24O2. The molecule has 0 aliphatic carbocycles. The largest absolute Gasteiger partial charge is 0.496 e. The zero-order valence-corrected chi connectivity index (χ0v) is 14.6. The molecule has 24 heavy (non-hydrogen) atoms. The normalized spacial score (nSPS) is 9.79. The molecule has 0 radical (unpaired) electrons. The van der Waals surface area contributed by atoms with E-state index in [2.05, 4.69) is 24.8 Å². The lowest BCUT2D eigenvalue weighted by Crippen LogP contribution is -1.94. The second-order valence-corrected chi connectivity index (χ2v) is 5.31. The minimum Gasteiger partial charge on any atom is -0.496 e. The molecule has 2 heteroatoms. The van der Waals surface area contributed by atoms with Crippen LogP contribution in [0.1, 0.15) is 18.1 Å². The van der Waals surface area contributed by atoms with Crippen LogP contribution in [0.25, 0.3) is 16.8 Å². The molecule has 0 aliphatic heterocycles. The summed E-state index contributed by atoms with van der Waals surface area (Å²) in [6.45, 7) is 8.54. The second-order valence-electron chi connectivity index (χ2n) is 5.31. The summed E-state index contributed by atoms with van der Waals surface area (Å²) in [5.41, 5.74) is 2.26.